The van der Waals surface area contributed by atoms with Gasteiger partial charge in [0.25, 0.3) is 0 Å². The normalized spacial score (nSPS) is 5.71. The van der Waals surface area contributed by atoms with Crippen molar-refractivity contribution in [3.05, 3.63) is 12.7 Å². The summed E-state index contributed by atoms with van der Waals surface area (Å²) >= 11 is 0. The average molecular weight is 141 g/mol. The van der Waals surface area contributed by atoms with Gasteiger partial charge in [0.1, 0.15) is 0 Å². The molecule has 0 radical (unpaired) electrons. The monoisotopic (exact) mass is 141 g/mol. The molecule has 0 aromatic carbocycles. The van der Waals surface area contributed by atoms with Crippen LogP contribution in [0.5, 0.6) is 0 Å². The second-order valence-corrected chi connectivity index (χ2v) is 0.683. The van der Waals surface area contributed by atoms with Gasteiger partial charge in [-0.2, -0.15) is 0 Å². The van der Waals surface area contributed by atoms with Crippen molar-refractivity contribution in [2.24, 2.45) is 0 Å². The van der Waals surface area contributed by atoms with Crippen LogP contribution in [0.25, 0.3) is 0 Å². The molecule has 0 aliphatic heterocycles. The molecule has 0 atom stereocenters. The van der Waals surface area contributed by atoms with Gasteiger partial charge in [-0.15, -0.1) is 0 Å². The third-order valence-corrected chi connectivity index (χ3v) is 0.260. The molecule has 2 nitrogen and oxygen atoms in total. The van der Waals surface area contributed by atoms with Gasteiger partial charge < -0.3 is 9.53 Å². The summed E-state index contributed by atoms with van der Waals surface area (Å²) in [4.78, 5) is 9.17. The third kappa shape index (κ3) is 10.7. The van der Waals surface area contributed by atoms with Gasteiger partial charge in [-0.25, -0.2) is 0 Å². The number of carbonyl (C=O) groups excluding carboxylic acids is 1. The van der Waals surface area contributed by atoms with E-state index in [0.29, 0.717) is 0 Å². The first-order valence-corrected chi connectivity index (χ1v) is 1.51. The molecule has 0 spiro atoms. The summed E-state index contributed by atoms with van der Waals surface area (Å²) in [6.07, 6.45) is 1.48. The van der Waals surface area contributed by atoms with Crippen LogP contribution in [0.1, 0.15) is 0 Å². The molecule has 0 amide bonds. The van der Waals surface area contributed by atoms with Crippen molar-refractivity contribution in [3.63, 3.8) is 0 Å². The van der Waals surface area contributed by atoms with Gasteiger partial charge in [-0.1, -0.05) is 19.1 Å². The van der Waals surface area contributed by atoms with Crippen molar-refractivity contribution in [2.45, 2.75) is 0 Å². The molecule has 0 aromatic heterocycles. The summed E-state index contributed by atoms with van der Waals surface area (Å²) in [7, 11) is 0. The molecular weight excluding hydrogens is 136 g/mol. The molecule has 0 bridgehead atoms. The maximum absolute atomic E-state index is 9.17. The van der Waals surface area contributed by atoms with E-state index >= 15 is 0 Å². The Kier molecular flexibility index (Phi) is 13.0. The minimum absolute atomic E-state index is 0. The Morgan fingerprint density at radius 3 is 2.57 bits per heavy atom. The van der Waals surface area contributed by atoms with Crippen LogP contribution in [0.15, 0.2) is 12.7 Å². The van der Waals surface area contributed by atoms with Gasteiger partial charge in [0.2, 0.25) is 0 Å². The average Bonchev–Trinajstić information content (AvgIpc) is 1.61. The maximum Gasteiger partial charge on any atom is 0.0671 e. The Balaban J connectivity index is 0. The summed E-state index contributed by atoms with van der Waals surface area (Å²) in [5.41, 5.74) is 0. The molecule has 42 valence electrons. The summed E-state index contributed by atoms with van der Waals surface area (Å²) in [6, 6.07) is 0. The molecule has 0 N–H and O–H groups in total. The van der Waals surface area contributed by atoms with Crippen LogP contribution in [0, 0.1) is 0 Å². The fraction of sp³-hybridized carbons (Fsp3) is 0.250. The zero-order valence-electron chi connectivity index (χ0n) is 3.66. The molecule has 0 aliphatic rings. The van der Waals surface area contributed by atoms with Crippen LogP contribution in [-0.2, 0) is 26.6 Å². The smallest absolute Gasteiger partial charge is 0.0671 e. The minimum Gasteiger partial charge on any atom is -0.650 e. The summed E-state index contributed by atoms with van der Waals surface area (Å²) in [6.45, 7) is 4.80. The van der Waals surface area contributed by atoms with E-state index in [1.54, 1.807) is 0 Å². The Hall–Kier alpha value is -0.271. The maximum atomic E-state index is 9.17. The van der Waals surface area contributed by atoms with Crippen molar-refractivity contribution in [3.8, 4) is 0 Å². The second-order valence-electron chi connectivity index (χ2n) is 0.683. The molecule has 0 rings (SSSR count). The second kappa shape index (κ2) is 9.21. The van der Waals surface area contributed by atoms with Gasteiger partial charge in [0.05, 0.1) is 6.61 Å². The molecule has 0 saturated heterocycles. The number of hydrogen-bond donors (Lipinski definition) is 0. The van der Waals surface area contributed by atoms with Crippen molar-refractivity contribution >= 4 is 6.47 Å². The molecule has 0 aromatic rings. The molecule has 0 aliphatic carbocycles. The zero-order valence-corrected chi connectivity index (χ0v) is 4.77. The zero-order chi connectivity index (χ0) is 4.83. The van der Waals surface area contributed by atoms with Gasteiger partial charge in [0, 0.05) is 17.1 Å². The van der Waals surface area contributed by atoms with Crippen molar-refractivity contribution in [1.82, 2.24) is 0 Å². The van der Waals surface area contributed by atoms with Gasteiger partial charge in [-0.05, 0) is 0 Å². The Labute approximate surface area is 53.0 Å². The van der Waals surface area contributed by atoms with Gasteiger partial charge >= 0.3 is 0 Å². The van der Waals surface area contributed by atoms with Gasteiger partial charge in [-0.3, -0.25) is 0 Å². The third-order valence-electron chi connectivity index (χ3n) is 0.260. The largest absolute Gasteiger partial charge is 0.650 e. The van der Waals surface area contributed by atoms with E-state index in [1.165, 1.54) is 12.5 Å². The number of rotatable bonds is 3. The van der Waals surface area contributed by atoms with Gasteiger partial charge in [0.15, 0.2) is 0 Å². The van der Waals surface area contributed by atoms with Crippen LogP contribution >= 0.6 is 0 Å². The van der Waals surface area contributed by atoms with E-state index in [9.17, 15) is 0 Å². The van der Waals surface area contributed by atoms with Crippen LogP contribution in [0.4, 0.5) is 0 Å². The quantitative estimate of drug-likeness (QED) is 0.243. The SMILES string of the molecule is C=CCO[C-]=O.[Fe]. The fourth-order valence-corrected chi connectivity index (χ4v) is 0.0929. The standard InChI is InChI=1S/C4H5O2.Fe/c1-2-3-6-4-5;/h2H,1,3H2;/q-1;. The van der Waals surface area contributed by atoms with Crippen LogP contribution in [0.2, 0.25) is 0 Å². The first-order valence-electron chi connectivity index (χ1n) is 1.51. The summed E-state index contributed by atoms with van der Waals surface area (Å²) < 4.78 is 4.06. The van der Waals surface area contributed by atoms with E-state index in [-0.39, 0.29) is 23.7 Å². The molecule has 0 unspecified atom stereocenters. The van der Waals surface area contributed by atoms with Crippen LogP contribution in [-0.4, -0.2) is 13.1 Å². The Bertz CT molecular complexity index is 45.7. The van der Waals surface area contributed by atoms with E-state index in [2.05, 4.69) is 11.3 Å². The molecule has 0 heterocycles. The summed E-state index contributed by atoms with van der Waals surface area (Å²) in [5, 5.41) is 0. The van der Waals surface area contributed by atoms with Crippen LogP contribution < -0.4 is 0 Å². The van der Waals surface area contributed by atoms with E-state index in [4.69, 9.17) is 4.79 Å². The van der Waals surface area contributed by atoms with Crippen molar-refractivity contribution < 1.29 is 26.6 Å². The minimum atomic E-state index is 0. The topological polar surface area (TPSA) is 26.3 Å². The Morgan fingerprint density at radius 1 is 1.86 bits per heavy atom. The molecule has 3 heteroatoms. The van der Waals surface area contributed by atoms with Crippen molar-refractivity contribution in [1.29, 1.82) is 0 Å². The van der Waals surface area contributed by atoms with Crippen molar-refractivity contribution in [2.75, 3.05) is 6.61 Å². The fourth-order valence-electron chi connectivity index (χ4n) is 0.0929. The van der Waals surface area contributed by atoms with E-state index in [0.717, 1.165) is 0 Å². The Morgan fingerprint density at radius 2 is 2.43 bits per heavy atom. The molecule has 7 heavy (non-hydrogen) atoms. The number of ether oxygens (including phenoxy) is 1. The molecule has 0 fully saturated rings. The predicted octanol–water partition coefficient (Wildman–Crippen LogP) is 0.254. The van der Waals surface area contributed by atoms with E-state index in [1.807, 2.05) is 0 Å². The first kappa shape index (κ1) is 9.88. The molecular formula is C4H5FeO2-. The predicted molar refractivity (Wildman–Crippen MR) is 21.8 cm³/mol. The molecule has 0 saturated carbocycles. The first-order chi connectivity index (χ1) is 2.91. The van der Waals surface area contributed by atoms with E-state index < -0.39 is 0 Å². The van der Waals surface area contributed by atoms with Crippen LogP contribution in [0.3, 0.4) is 0 Å². The number of hydrogen-bond acceptors (Lipinski definition) is 2. The summed E-state index contributed by atoms with van der Waals surface area (Å²) in [5.74, 6) is 0.